The summed E-state index contributed by atoms with van der Waals surface area (Å²) in [5, 5.41) is 0.909. The zero-order valence-corrected chi connectivity index (χ0v) is 14.3. The van der Waals surface area contributed by atoms with Crippen molar-refractivity contribution in [1.82, 2.24) is 4.98 Å². The fraction of sp³-hybridized carbons (Fsp3) is 0.100. The lowest BCUT2D eigenvalue weighted by Gasteiger charge is -2.03. The molecule has 0 aliphatic heterocycles. The molecule has 118 valence electrons. The molecule has 0 fully saturated rings. The molecule has 0 aliphatic rings. The van der Waals surface area contributed by atoms with Gasteiger partial charge < -0.3 is 0 Å². The van der Waals surface area contributed by atoms with Crippen LogP contribution in [0.15, 0.2) is 60.8 Å². The first-order chi connectivity index (χ1) is 11.6. The lowest BCUT2D eigenvalue weighted by molar-refractivity contribution is -0.659. The summed E-state index contributed by atoms with van der Waals surface area (Å²) in [6.45, 7) is 2.12. The van der Waals surface area contributed by atoms with Crippen LogP contribution in [0.3, 0.4) is 0 Å². The van der Waals surface area contributed by atoms with Gasteiger partial charge in [-0.05, 0) is 42.8 Å². The fourth-order valence-electron chi connectivity index (χ4n) is 2.86. The first kappa shape index (κ1) is 15.0. The van der Waals surface area contributed by atoms with Crippen LogP contribution in [0.4, 0.5) is 4.39 Å². The van der Waals surface area contributed by atoms with Gasteiger partial charge in [-0.3, -0.25) is 0 Å². The number of rotatable bonds is 2. The molecule has 0 bridgehead atoms. The van der Waals surface area contributed by atoms with Crippen LogP contribution in [0.2, 0.25) is 0 Å². The molecule has 0 amide bonds. The van der Waals surface area contributed by atoms with Crippen molar-refractivity contribution < 1.29 is 8.96 Å². The minimum absolute atomic E-state index is 0.229. The number of nitrogens with zero attached hydrogens (tertiary/aromatic N) is 2. The van der Waals surface area contributed by atoms with Crippen LogP contribution < -0.4 is 4.57 Å². The Morgan fingerprint density at radius 1 is 1.04 bits per heavy atom. The van der Waals surface area contributed by atoms with Crippen LogP contribution in [0.25, 0.3) is 32.0 Å². The third-order valence-corrected chi connectivity index (χ3v) is 5.22. The summed E-state index contributed by atoms with van der Waals surface area (Å²) < 4.78 is 16.4. The fourth-order valence-corrected chi connectivity index (χ4v) is 3.84. The van der Waals surface area contributed by atoms with Crippen LogP contribution in [-0.4, -0.2) is 4.98 Å². The van der Waals surface area contributed by atoms with Crippen molar-refractivity contribution in [3.8, 4) is 21.8 Å². The predicted molar refractivity (Wildman–Crippen MR) is 96.4 cm³/mol. The van der Waals surface area contributed by atoms with E-state index < -0.39 is 0 Å². The van der Waals surface area contributed by atoms with Crippen molar-refractivity contribution in [1.29, 1.82) is 0 Å². The van der Waals surface area contributed by atoms with Gasteiger partial charge in [0.1, 0.15) is 23.4 Å². The van der Waals surface area contributed by atoms with E-state index in [9.17, 15) is 4.39 Å². The summed E-state index contributed by atoms with van der Waals surface area (Å²) >= 11 is 1.63. The molecule has 0 radical (unpaired) electrons. The SMILES string of the molecule is Cc1ccccc1-c1cc2sc(-c3ccc(F)cc3)nc2c[n+]1C. The molecule has 4 aromatic rings. The van der Waals surface area contributed by atoms with Crippen LogP contribution in [0.5, 0.6) is 0 Å². The molecule has 2 aromatic carbocycles. The molecule has 4 rings (SSSR count). The van der Waals surface area contributed by atoms with Crippen molar-refractivity contribution in [2.45, 2.75) is 6.92 Å². The van der Waals surface area contributed by atoms with E-state index in [4.69, 9.17) is 4.98 Å². The lowest BCUT2D eigenvalue weighted by atomic mass is 10.1. The number of benzene rings is 2. The maximum atomic E-state index is 13.1. The predicted octanol–water partition coefficient (Wildman–Crippen LogP) is 4.90. The lowest BCUT2D eigenvalue weighted by Crippen LogP contribution is -2.30. The number of halogens is 1. The number of aryl methyl sites for hydroxylation is 2. The highest BCUT2D eigenvalue weighted by molar-refractivity contribution is 7.21. The maximum absolute atomic E-state index is 13.1. The van der Waals surface area contributed by atoms with E-state index in [1.54, 1.807) is 23.5 Å². The van der Waals surface area contributed by atoms with Crippen molar-refractivity contribution in [2.24, 2.45) is 7.05 Å². The van der Waals surface area contributed by atoms with Gasteiger partial charge in [-0.25, -0.2) is 9.37 Å². The highest BCUT2D eigenvalue weighted by atomic mass is 32.1. The quantitative estimate of drug-likeness (QED) is 0.476. The van der Waals surface area contributed by atoms with Gasteiger partial charge in [-0.2, -0.15) is 4.57 Å². The smallest absolute Gasteiger partial charge is 0.214 e. The van der Waals surface area contributed by atoms with Crippen molar-refractivity contribution in [2.75, 3.05) is 0 Å². The molecule has 0 saturated carbocycles. The summed E-state index contributed by atoms with van der Waals surface area (Å²) in [7, 11) is 2.04. The highest BCUT2D eigenvalue weighted by Crippen LogP contribution is 2.32. The van der Waals surface area contributed by atoms with E-state index in [1.165, 1.54) is 23.3 Å². The normalized spacial score (nSPS) is 11.1. The van der Waals surface area contributed by atoms with Gasteiger partial charge >= 0.3 is 0 Å². The topological polar surface area (TPSA) is 16.8 Å². The molecule has 0 aliphatic carbocycles. The van der Waals surface area contributed by atoms with Gasteiger partial charge in [-0.15, -0.1) is 11.3 Å². The second kappa shape index (κ2) is 5.80. The first-order valence-electron chi connectivity index (χ1n) is 7.74. The molecule has 2 nitrogen and oxygen atoms in total. The van der Waals surface area contributed by atoms with E-state index in [0.717, 1.165) is 26.5 Å². The maximum Gasteiger partial charge on any atom is 0.214 e. The van der Waals surface area contributed by atoms with Crippen LogP contribution in [0.1, 0.15) is 5.56 Å². The summed E-state index contributed by atoms with van der Waals surface area (Å²) in [6.07, 6.45) is 2.06. The molecule has 2 heterocycles. The number of pyridine rings is 1. The Morgan fingerprint density at radius 2 is 1.79 bits per heavy atom. The molecule has 0 saturated heterocycles. The Kier molecular flexibility index (Phi) is 3.62. The Bertz CT molecular complexity index is 1040. The van der Waals surface area contributed by atoms with Gasteiger partial charge in [0.25, 0.3) is 0 Å². The van der Waals surface area contributed by atoms with E-state index in [2.05, 4.69) is 48.0 Å². The average Bonchev–Trinajstić information content (AvgIpc) is 2.98. The molecule has 0 unspecified atom stereocenters. The summed E-state index contributed by atoms with van der Waals surface area (Å²) in [5.41, 5.74) is 5.53. The summed E-state index contributed by atoms with van der Waals surface area (Å²) in [6, 6.07) is 17.0. The monoisotopic (exact) mass is 335 g/mol. The van der Waals surface area contributed by atoms with Crippen molar-refractivity contribution in [3.05, 3.63) is 72.2 Å². The molecule has 4 heteroatoms. The molecule has 2 aromatic heterocycles. The Balaban J connectivity index is 1.86. The van der Waals surface area contributed by atoms with Crippen molar-refractivity contribution >= 4 is 21.6 Å². The molecule has 24 heavy (non-hydrogen) atoms. The molecular formula is C20H16FN2S+. The Hall–Kier alpha value is -2.59. The average molecular weight is 335 g/mol. The Labute approximate surface area is 143 Å². The van der Waals surface area contributed by atoms with E-state index in [-0.39, 0.29) is 5.82 Å². The summed E-state index contributed by atoms with van der Waals surface area (Å²) in [4.78, 5) is 4.71. The zero-order valence-electron chi connectivity index (χ0n) is 13.5. The molecule has 0 spiro atoms. The molecule has 0 atom stereocenters. The zero-order chi connectivity index (χ0) is 16.7. The molecular weight excluding hydrogens is 319 g/mol. The second-order valence-corrected chi connectivity index (χ2v) is 6.89. The van der Waals surface area contributed by atoms with Gasteiger partial charge in [0, 0.05) is 17.2 Å². The van der Waals surface area contributed by atoms with Gasteiger partial charge in [0.15, 0.2) is 6.20 Å². The first-order valence-corrected chi connectivity index (χ1v) is 8.55. The highest BCUT2D eigenvalue weighted by Gasteiger charge is 2.16. The summed E-state index contributed by atoms with van der Waals surface area (Å²) in [5.74, 6) is -0.229. The van der Waals surface area contributed by atoms with E-state index >= 15 is 0 Å². The number of thiazole rings is 1. The third kappa shape index (κ3) is 2.59. The number of hydrogen-bond acceptors (Lipinski definition) is 2. The standard InChI is InChI=1S/C20H16FN2S/c1-13-5-3-4-6-16(13)18-11-19-17(12-23(18)2)22-20(24-19)14-7-9-15(21)10-8-14/h3-12H,1-2H3/q+1. The minimum atomic E-state index is -0.229. The van der Waals surface area contributed by atoms with Crippen LogP contribution in [-0.2, 0) is 7.05 Å². The van der Waals surface area contributed by atoms with Gasteiger partial charge in [0.2, 0.25) is 5.69 Å². The minimum Gasteiger partial charge on any atom is -0.230 e. The van der Waals surface area contributed by atoms with Crippen molar-refractivity contribution in [3.63, 3.8) is 0 Å². The van der Waals surface area contributed by atoms with E-state index in [1.807, 2.05) is 7.05 Å². The molecule has 0 N–H and O–H groups in total. The number of hydrogen-bond donors (Lipinski definition) is 0. The number of aromatic nitrogens is 2. The van der Waals surface area contributed by atoms with Gasteiger partial charge in [-0.1, -0.05) is 18.2 Å². The van der Waals surface area contributed by atoms with E-state index in [0.29, 0.717) is 0 Å². The van der Waals surface area contributed by atoms with Crippen LogP contribution >= 0.6 is 11.3 Å². The Morgan fingerprint density at radius 3 is 2.54 bits per heavy atom. The third-order valence-electron chi connectivity index (χ3n) is 4.16. The number of fused-ring (bicyclic) bond motifs is 1. The van der Waals surface area contributed by atoms with Gasteiger partial charge in [0.05, 0.1) is 4.70 Å². The van der Waals surface area contributed by atoms with Crippen LogP contribution in [0, 0.1) is 12.7 Å². The largest absolute Gasteiger partial charge is 0.230 e. The second-order valence-electron chi connectivity index (χ2n) is 5.86.